The molecular formula is C13H17F2NO. The number of phenols is 1. The molecule has 1 unspecified atom stereocenters. The lowest BCUT2D eigenvalue weighted by Crippen LogP contribution is -2.42. The Labute approximate surface area is 99.7 Å². The van der Waals surface area contributed by atoms with Crippen molar-refractivity contribution < 1.29 is 13.9 Å². The van der Waals surface area contributed by atoms with Gasteiger partial charge in [-0.15, -0.1) is 0 Å². The van der Waals surface area contributed by atoms with Crippen LogP contribution in [0.25, 0.3) is 0 Å². The van der Waals surface area contributed by atoms with Gasteiger partial charge in [-0.3, -0.25) is 0 Å². The molecule has 4 heteroatoms. The van der Waals surface area contributed by atoms with Gasteiger partial charge in [-0.05, 0) is 31.5 Å². The summed E-state index contributed by atoms with van der Waals surface area (Å²) in [7, 11) is 0. The maximum atomic E-state index is 14.2. The molecule has 0 saturated carbocycles. The van der Waals surface area contributed by atoms with Crippen LogP contribution in [-0.2, 0) is 5.92 Å². The third-order valence-corrected chi connectivity index (χ3v) is 3.23. The molecule has 1 atom stereocenters. The first-order valence-electron chi connectivity index (χ1n) is 6.01. The van der Waals surface area contributed by atoms with Gasteiger partial charge < -0.3 is 10.4 Å². The molecule has 1 aliphatic heterocycles. The van der Waals surface area contributed by atoms with E-state index in [1.165, 1.54) is 18.2 Å². The lowest BCUT2D eigenvalue weighted by atomic mass is 9.97. The Balaban J connectivity index is 2.21. The van der Waals surface area contributed by atoms with E-state index in [9.17, 15) is 13.9 Å². The number of phenolic OH excluding ortho intramolecular Hbond substituents is 1. The first kappa shape index (κ1) is 12.3. The first-order valence-corrected chi connectivity index (χ1v) is 6.01. The average Bonchev–Trinajstić information content (AvgIpc) is 2.58. The molecular weight excluding hydrogens is 224 g/mol. The van der Waals surface area contributed by atoms with E-state index < -0.39 is 12.0 Å². The van der Waals surface area contributed by atoms with Crippen LogP contribution in [-0.4, -0.2) is 17.7 Å². The molecule has 2 nitrogen and oxygen atoms in total. The van der Waals surface area contributed by atoms with Gasteiger partial charge in [-0.25, -0.2) is 0 Å². The predicted octanol–water partition coefficient (Wildman–Crippen LogP) is 3.02. The highest BCUT2D eigenvalue weighted by atomic mass is 19.3. The number of hydrogen-bond acceptors (Lipinski definition) is 2. The van der Waals surface area contributed by atoms with Gasteiger partial charge >= 0.3 is 0 Å². The molecule has 94 valence electrons. The maximum Gasteiger partial charge on any atom is 0.288 e. The molecule has 1 aromatic carbocycles. The van der Waals surface area contributed by atoms with Gasteiger partial charge in [-0.2, -0.15) is 8.78 Å². The summed E-state index contributed by atoms with van der Waals surface area (Å²) < 4.78 is 28.5. The summed E-state index contributed by atoms with van der Waals surface area (Å²) in [6.07, 6.45) is 3.25. The van der Waals surface area contributed by atoms with Crippen molar-refractivity contribution in [1.29, 1.82) is 0 Å². The van der Waals surface area contributed by atoms with Crippen LogP contribution in [0.4, 0.5) is 8.78 Å². The van der Waals surface area contributed by atoms with Gasteiger partial charge in [-0.1, -0.05) is 25.0 Å². The molecule has 1 saturated heterocycles. The van der Waals surface area contributed by atoms with E-state index in [1.54, 1.807) is 0 Å². The zero-order valence-corrected chi connectivity index (χ0v) is 9.63. The molecule has 2 N–H and O–H groups in total. The zero-order valence-electron chi connectivity index (χ0n) is 9.63. The third kappa shape index (κ3) is 2.75. The number of halogens is 2. The minimum atomic E-state index is -2.93. The van der Waals surface area contributed by atoms with Crippen molar-refractivity contribution in [3.8, 4) is 5.75 Å². The van der Waals surface area contributed by atoms with E-state index in [0.717, 1.165) is 25.3 Å². The van der Waals surface area contributed by atoms with Crippen LogP contribution in [0.1, 0.15) is 31.2 Å². The van der Waals surface area contributed by atoms with E-state index in [2.05, 4.69) is 5.32 Å². The molecule has 1 heterocycles. The Kier molecular flexibility index (Phi) is 3.62. The third-order valence-electron chi connectivity index (χ3n) is 3.23. The summed E-state index contributed by atoms with van der Waals surface area (Å²) in [5, 5.41) is 12.2. The van der Waals surface area contributed by atoms with E-state index in [-0.39, 0.29) is 11.3 Å². The van der Waals surface area contributed by atoms with Crippen molar-refractivity contribution in [2.24, 2.45) is 0 Å². The average molecular weight is 241 g/mol. The highest BCUT2D eigenvalue weighted by molar-refractivity contribution is 5.31. The van der Waals surface area contributed by atoms with Gasteiger partial charge in [0.05, 0.1) is 6.04 Å². The second-order valence-electron chi connectivity index (χ2n) is 4.53. The summed E-state index contributed by atoms with van der Waals surface area (Å²) in [6.45, 7) is 0.638. The Morgan fingerprint density at radius 3 is 2.82 bits per heavy atom. The van der Waals surface area contributed by atoms with Crippen molar-refractivity contribution in [1.82, 2.24) is 5.32 Å². The number of hydrogen-bond donors (Lipinski definition) is 2. The summed E-state index contributed by atoms with van der Waals surface area (Å²) in [5.41, 5.74) is -0.114. The van der Waals surface area contributed by atoms with Gasteiger partial charge in [0.25, 0.3) is 5.92 Å². The summed E-state index contributed by atoms with van der Waals surface area (Å²) in [6, 6.07) is 4.54. The van der Waals surface area contributed by atoms with Crippen LogP contribution < -0.4 is 5.32 Å². The highest BCUT2D eigenvalue weighted by Gasteiger charge is 2.41. The number of alkyl halides is 2. The van der Waals surface area contributed by atoms with E-state index in [0.29, 0.717) is 13.0 Å². The Morgan fingerprint density at radius 1 is 1.24 bits per heavy atom. The van der Waals surface area contributed by atoms with Crippen molar-refractivity contribution in [3.63, 3.8) is 0 Å². The summed E-state index contributed by atoms with van der Waals surface area (Å²) in [5.74, 6) is -3.04. The lowest BCUT2D eigenvalue weighted by Gasteiger charge is -2.27. The van der Waals surface area contributed by atoms with Crippen LogP contribution >= 0.6 is 0 Å². The number of rotatable bonds is 2. The van der Waals surface area contributed by atoms with Gasteiger partial charge in [0.1, 0.15) is 5.75 Å². The van der Waals surface area contributed by atoms with E-state index >= 15 is 0 Å². The summed E-state index contributed by atoms with van der Waals surface area (Å²) >= 11 is 0. The molecule has 0 bridgehead atoms. The predicted molar refractivity (Wildman–Crippen MR) is 62.3 cm³/mol. The minimum absolute atomic E-state index is 0.114. The molecule has 0 spiro atoms. The fourth-order valence-electron chi connectivity index (χ4n) is 2.25. The molecule has 0 amide bonds. The molecule has 1 aromatic rings. The van der Waals surface area contributed by atoms with Crippen LogP contribution in [0.15, 0.2) is 24.3 Å². The molecule has 17 heavy (non-hydrogen) atoms. The summed E-state index contributed by atoms with van der Waals surface area (Å²) in [4.78, 5) is 0. The van der Waals surface area contributed by atoms with Crippen molar-refractivity contribution in [3.05, 3.63) is 29.8 Å². The van der Waals surface area contributed by atoms with Gasteiger partial charge in [0.15, 0.2) is 0 Å². The van der Waals surface area contributed by atoms with Crippen LogP contribution in [0, 0.1) is 0 Å². The molecule has 2 rings (SSSR count). The molecule has 1 fully saturated rings. The fraction of sp³-hybridized carbons (Fsp3) is 0.538. The van der Waals surface area contributed by atoms with Gasteiger partial charge in [0, 0.05) is 5.56 Å². The highest BCUT2D eigenvalue weighted by Crippen LogP contribution is 2.36. The van der Waals surface area contributed by atoms with Crippen LogP contribution in [0.3, 0.4) is 0 Å². The quantitative estimate of drug-likeness (QED) is 0.834. The van der Waals surface area contributed by atoms with E-state index in [4.69, 9.17) is 0 Å². The monoisotopic (exact) mass is 241 g/mol. The zero-order chi connectivity index (χ0) is 12.3. The topological polar surface area (TPSA) is 32.3 Å². The number of aromatic hydroxyl groups is 1. The number of nitrogens with one attached hydrogen (secondary N) is 1. The largest absolute Gasteiger partial charge is 0.508 e. The SMILES string of the molecule is Oc1cccc(C(F)(F)C2CCCCCN2)c1. The second-order valence-corrected chi connectivity index (χ2v) is 4.53. The number of benzene rings is 1. The van der Waals surface area contributed by atoms with E-state index in [1.807, 2.05) is 0 Å². The van der Waals surface area contributed by atoms with Crippen molar-refractivity contribution in [2.45, 2.75) is 37.6 Å². The standard InChI is InChI=1S/C13H17F2NO/c14-13(15,10-5-4-6-11(17)9-10)12-7-2-1-3-8-16-12/h4-6,9,12,16-17H,1-3,7-8H2. The molecule has 0 aromatic heterocycles. The Bertz CT molecular complexity index is 373. The van der Waals surface area contributed by atoms with Crippen molar-refractivity contribution >= 4 is 0 Å². The fourth-order valence-corrected chi connectivity index (χ4v) is 2.25. The molecule has 0 aliphatic carbocycles. The minimum Gasteiger partial charge on any atom is -0.508 e. The smallest absolute Gasteiger partial charge is 0.288 e. The Morgan fingerprint density at radius 2 is 2.06 bits per heavy atom. The second kappa shape index (κ2) is 5.00. The first-order chi connectivity index (χ1) is 8.10. The molecule has 1 aliphatic rings. The normalized spacial score (nSPS) is 22.1. The van der Waals surface area contributed by atoms with Crippen LogP contribution in [0.2, 0.25) is 0 Å². The Hall–Kier alpha value is -1.16. The maximum absolute atomic E-state index is 14.2. The van der Waals surface area contributed by atoms with Crippen LogP contribution in [0.5, 0.6) is 5.75 Å². The van der Waals surface area contributed by atoms with Crippen molar-refractivity contribution in [2.75, 3.05) is 6.54 Å². The lowest BCUT2D eigenvalue weighted by molar-refractivity contribution is -0.0449. The van der Waals surface area contributed by atoms with Gasteiger partial charge in [0.2, 0.25) is 0 Å². The molecule has 0 radical (unpaired) electrons.